The van der Waals surface area contributed by atoms with Crippen LogP contribution in [0.1, 0.15) is 12.0 Å². The van der Waals surface area contributed by atoms with Crippen LogP contribution in [0.25, 0.3) is 0 Å². The van der Waals surface area contributed by atoms with Crippen LogP contribution in [-0.2, 0) is 5.41 Å². The molecule has 1 fully saturated rings. The lowest BCUT2D eigenvalue weighted by Gasteiger charge is -2.14. The van der Waals surface area contributed by atoms with Crippen LogP contribution < -0.4 is 5.73 Å². The smallest absolute Gasteiger partial charge is 0.260 e. The van der Waals surface area contributed by atoms with E-state index in [2.05, 4.69) is 15.9 Å². The number of halogens is 4. The molecule has 1 aliphatic rings. The van der Waals surface area contributed by atoms with Crippen molar-refractivity contribution in [1.82, 2.24) is 0 Å². The number of hydrogen-bond donors (Lipinski definition) is 1. The molecule has 0 bridgehead atoms. The first-order valence-corrected chi connectivity index (χ1v) is 5.26. The van der Waals surface area contributed by atoms with Gasteiger partial charge < -0.3 is 5.73 Å². The first kappa shape index (κ1) is 11.0. The molecule has 1 unspecified atom stereocenters. The standard InChI is InChI=1S/C10H9BrF3N/c11-7-3-6(1-2-8(7)12)9(5-15)4-10(9,13)14/h1-3H,4-5,15H2. The predicted molar refractivity (Wildman–Crippen MR) is 54.4 cm³/mol. The second-order valence-corrected chi connectivity index (χ2v) is 4.65. The van der Waals surface area contributed by atoms with E-state index < -0.39 is 17.2 Å². The Morgan fingerprint density at radius 1 is 1.40 bits per heavy atom. The monoisotopic (exact) mass is 279 g/mol. The molecule has 1 aromatic carbocycles. The maximum atomic E-state index is 13.2. The molecule has 15 heavy (non-hydrogen) atoms. The Bertz CT molecular complexity index is 408. The van der Waals surface area contributed by atoms with Crippen LogP contribution in [0.5, 0.6) is 0 Å². The van der Waals surface area contributed by atoms with E-state index in [1.54, 1.807) is 0 Å². The van der Waals surface area contributed by atoms with Crippen LogP contribution in [0, 0.1) is 5.82 Å². The third kappa shape index (κ3) is 1.49. The van der Waals surface area contributed by atoms with E-state index >= 15 is 0 Å². The van der Waals surface area contributed by atoms with Gasteiger partial charge in [-0.25, -0.2) is 13.2 Å². The zero-order chi connectivity index (χ0) is 11.3. The fourth-order valence-electron chi connectivity index (χ4n) is 1.78. The molecule has 0 spiro atoms. The molecule has 0 aromatic heterocycles. The lowest BCUT2D eigenvalue weighted by molar-refractivity contribution is 0.0896. The summed E-state index contributed by atoms with van der Waals surface area (Å²) in [5, 5.41) is 0. The van der Waals surface area contributed by atoms with Crippen molar-refractivity contribution < 1.29 is 13.2 Å². The molecular formula is C10H9BrF3N. The highest BCUT2D eigenvalue weighted by Gasteiger charge is 2.71. The Morgan fingerprint density at radius 2 is 2.00 bits per heavy atom. The molecule has 1 saturated carbocycles. The summed E-state index contributed by atoms with van der Waals surface area (Å²) >= 11 is 2.97. The first-order chi connectivity index (χ1) is 6.93. The first-order valence-electron chi connectivity index (χ1n) is 4.46. The number of benzene rings is 1. The molecule has 0 amide bonds. The zero-order valence-electron chi connectivity index (χ0n) is 7.74. The molecule has 2 N–H and O–H groups in total. The highest BCUT2D eigenvalue weighted by atomic mass is 79.9. The number of hydrogen-bond acceptors (Lipinski definition) is 1. The van der Waals surface area contributed by atoms with Crippen molar-refractivity contribution in [2.75, 3.05) is 6.54 Å². The van der Waals surface area contributed by atoms with E-state index in [0.717, 1.165) is 0 Å². The highest BCUT2D eigenvalue weighted by molar-refractivity contribution is 9.10. The van der Waals surface area contributed by atoms with E-state index in [4.69, 9.17) is 5.73 Å². The summed E-state index contributed by atoms with van der Waals surface area (Å²) in [6.07, 6.45) is -0.255. The number of rotatable bonds is 2. The van der Waals surface area contributed by atoms with Crippen molar-refractivity contribution in [3.8, 4) is 0 Å². The average Bonchev–Trinajstić information content (AvgIpc) is 2.75. The zero-order valence-corrected chi connectivity index (χ0v) is 9.32. The van der Waals surface area contributed by atoms with Gasteiger partial charge in [-0.3, -0.25) is 0 Å². The van der Waals surface area contributed by atoms with Crippen molar-refractivity contribution in [3.05, 3.63) is 34.1 Å². The molecule has 1 nitrogen and oxygen atoms in total. The van der Waals surface area contributed by atoms with Crippen molar-refractivity contribution in [2.24, 2.45) is 5.73 Å². The normalized spacial score (nSPS) is 27.8. The molecule has 0 saturated heterocycles. The fourth-order valence-corrected chi connectivity index (χ4v) is 2.16. The summed E-state index contributed by atoms with van der Waals surface area (Å²) in [5.74, 6) is -3.23. The van der Waals surface area contributed by atoms with E-state index in [9.17, 15) is 13.2 Å². The third-order valence-corrected chi connectivity index (χ3v) is 3.53. The summed E-state index contributed by atoms with van der Waals surface area (Å²) in [4.78, 5) is 0. The van der Waals surface area contributed by atoms with Crippen molar-refractivity contribution in [2.45, 2.75) is 17.8 Å². The van der Waals surface area contributed by atoms with Gasteiger partial charge in [0.05, 0.1) is 9.89 Å². The van der Waals surface area contributed by atoms with Crippen LogP contribution in [0.2, 0.25) is 0 Å². The minimum atomic E-state index is -2.76. The summed E-state index contributed by atoms with van der Waals surface area (Å²) in [5.41, 5.74) is 4.48. The maximum absolute atomic E-state index is 13.2. The molecular weight excluding hydrogens is 271 g/mol. The van der Waals surface area contributed by atoms with Gasteiger partial charge in [0.25, 0.3) is 5.92 Å². The van der Waals surface area contributed by atoms with Gasteiger partial charge >= 0.3 is 0 Å². The van der Waals surface area contributed by atoms with Crippen molar-refractivity contribution >= 4 is 15.9 Å². The third-order valence-electron chi connectivity index (χ3n) is 2.92. The summed E-state index contributed by atoms with van der Waals surface area (Å²) < 4.78 is 39.5. The van der Waals surface area contributed by atoms with E-state index in [1.807, 2.05) is 0 Å². The van der Waals surface area contributed by atoms with Crippen LogP contribution in [0.4, 0.5) is 13.2 Å². The van der Waals surface area contributed by atoms with Gasteiger partial charge in [-0.1, -0.05) is 6.07 Å². The lowest BCUT2D eigenvalue weighted by Crippen LogP contribution is -2.26. The van der Waals surface area contributed by atoms with Gasteiger partial charge in [0.15, 0.2) is 0 Å². The molecule has 1 atom stereocenters. The Balaban J connectivity index is 2.42. The van der Waals surface area contributed by atoms with Gasteiger partial charge in [0.1, 0.15) is 5.82 Å². The minimum absolute atomic E-state index is 0.127. The Morgan fingerprint density at radius 3 is 2.40 bits per heavy atom. The van der Waals surface area contributed by atoms with Gasteiger partial charge in [0, 0.05) is 13.0 Å². The predicted octanol–water partition coefficient (Wildman–Crippen LogP) is 2.82. The topological polar surface area (TPSA) is 26.0 Å². The molecule has 1 aliphatic carbocycles. The number of nitrogens with two attached hydrogens (primary N) is 1. The van der Waals surface area contributed by atoms with Crippen LogP contribution in [-0.4, -0.2) is 12.5 Å². The van der Waals surface area contributed by atoms with Crippen LogP contribution >= 0.6 is 15.9 Å². The molecule has 0 radical (unpaired) electrons. The second-order valence-electron chi connectivity index (χ2n) is 3.80. The largest absolute Gasteiger partial charge is 0.329 e. The quantitative estimate of drug-likeness (QED) is 0.885. The van der Waals surface area contributed by atoms with Gasteiger partial charge in [-0.2, -0.15) is 0 Å². The van der Waals surface area contributed by atoms with Gasteiger partial charge in [-0.15, -0.1) is 0 Å². The summed E-state index contributed by atoms with van der Waals surface area (Å²) in [6, 6.07) is 3.92. The van der Waals surface area contributed by atoms with Crippen LogP contribution in [0.15, 0.2) is 22.7 Å². The molecule has 1 aromatic rings. The summed E-state index contributed by atoms with van der Waals surface area (Å²) in [6.45, 7) is -0.127. The van der Waals surface area contributed by atoms with E-state index in [-0.39, 0.29) is 17.4 Å². The minimum Gasteiger partial charge on any atom is -0.329 e. The Labute approximate surface area is 93.6 Å². The molecule has 2 rings (SSSR count). The molecule has 82 valence electrons. The fraction of sp³-hybridized carbons (Fsp3) is 0.400. The highest BCUT2D eigenvalue weighted by Crippen LogP contribution is 2.61. The van der Waals surface area contributed by atoms with Crippen LogP contribution in [0.3, 0.4) is 0 Å². The average molecular weight is 280 g/mol. The Kier molecular flexibility index (Phi) is 2.35. The second kappa shape index (κ2) is 3.22. The SMILES string of the molecule is NCC1(c2ccc(F)c(Br)c2)CC1(F)F. The Hall–Kier alpha value is -0.550. The lowest BCUT2D eigenvalue weighted by atomic mass is 9.95. The van der Waals surface area contributed by atoms with Gasteiger partial charge in [-0.05, 0) is 33.6 Å². The molecule has 5 heteroatoms. The number of alkyl halides is 2. The van der Waals surface area contributed by atoms with Crippen molar-refractivity contribution in [3.63, 3.8) is 0 Å². The molecule has 0 heterocycles. The van der Waals surface area contributed by atoms with Crippen molar-refractivity contribution in [1.29, 1.82) is 0 Å². The maximum Gasteiger partial charge on any atom is 0.260 e. The van der Waals surface area contributed by atoms with E-state index in [1.165, 1.54) is 18.2 Å². The van der Waals surface area contributed by atoms with Gasteiger partial charge in [0.2, 0.25) is 0 Å². The summed E-state index contributed by atoms with van der Waals surface area (Å²) in [7, 11) is 0. The molecule has 0 aliphatic heterocycles. The van der Waals surface area contributed by atoms with E-state index in [0.29, 0.717) is 5.56 Å².